The number of allylic oxidation sites excluding steroid dienone is 1. The average Bonchev–Trinajstić information content (AvgIpc) is 1.58. The number of amides is 5. The van der Waals surface area contributed by atoms with Crippen LogP contribution in [-0.4, -0.2) is 223 Å². The third-order valence-electron chi connectivity index (χ3n) is 17.7. The second-order valence-corrected chi connectivity index (χ2v) is 29.2. The number of hydrogen-bond donors (Lipinski definition) is 7. The van der Waals surface area contributed by atoms with Gasteiger partial charge in [0.2, 0.25) is 5.91 Å². The molecule has 13 rings (SSSR count). The second-order valence-electron chi connectivity index (χ2n) is 24.8. The van der Waals surface area contributed by atoms with E-state index in [1.807, 2.05) is 7.05 Å². The zero-order valence-electron chi connectivity index (χ0n) is 55.1. The number of aliphatic hydroxyl groups excluding tert-OH is 1. The fourth-order valence-electron chi connectivity index (χ4n) is 12.8. The number of cyclic esters (lactones) is 2. The Kier molecular flexibility index (Phi) is 19.7. The molecule has 0 saturated carbocycles. The van der Waals surface area contributed by atoms with E-state index >= 15 is 19.2 Å². The molecule has 5 amide bonds. The SMILES string of the molecule is CO/C(C)=C1/NC(=O)C(C(C)O)NC(=O)c2csc(n2)-c2cc(OC)c(-c3nc(C(=O)N4CCN(C)CC4)cs3)nc2-c2csc(n2)C2COC(=O)c3c4c5c(cccc5n3O)COC(=O)C(OC3CC(C)(O)C(N(C)C)C(C)O3)C(OC4)C(NC(=O)c3csc1n3)c1nc(cs1)C(=O)N2. The molecule has 2 fully saturated rings. The standard InChI is InChI=1S/C64H68N14O17S5/c1-27(79)43-55(83)73-44(28(2)89-8)58-68-37(25-98-58)54(82)74-47-49-50(95-41-18-64(4,87)51(75(5)6)29(3)94-41)63(86)92-19-30-11-10-12-39-42(30)32(20-91-49)48(78(39)88)62(85)93-21-33(65-52(80)35-24-99-60(47)69-35)57-66-34(22-97-57)45-31(56-67-36(23-96-56)53(81)72-43)17-40(90-9)46(71-45)59-70-38(26-100-59)61(84)77-15-13-76(7)14-16-77/h10-12,17,22-27,29,33,41,43,47,49-51,79,87-88H,13-16,18-21H2,1-9H3,(H,65,80)(H,72,81)(H,73,83)(H,74,82)/b44-28+. The lowest BCUT2D eigenvalue weighted by Crippen LogP contribution is -2.62. The summed E-state index contributed by atoms with van der Waals surface area (Å²) >= 11 is 5.01. The predicted molar refractivity (Wildman–Crippen MR) is 363 cm³/mol. The Labute approximate surface area is 590 Å². The van der Waals surface area contributed by atoms with E-state index in [-0.39, 0.29) is 111 Å². The number of hydrogen-bond acceptors (Lipinski definition) is 30. The Hall–Kier alpha value is -8.79. The van der Waals surface area contributed by atoms with Gasteiger partial charge < -0.3 is 84.5 Å². The van der Waals surface area contributed by atoms with Gasteiger partial charge in [0.1, 0.15) is 120 Å². The zero-order valence-corrected chi connectivity index (χ0v) is 59.2. The highest BCUT2D eigenvalue weighted by molar-refractivity contribution is 7.14. The number of rotatable bonds is 8. The Morgan fingerprint density at radius 3 is 2.19 bits per heavy atom. The van der Waals surface area contributed by atoms with Crippen molar-refractivity contribution in [2.24, 2.45) is 0 Å². The van der Waals surface area contributed by atoms with Crippen molar-refractivity contribution in [2.45, 2.75) is 108 Å². The number of piperazine rings is 1. The van der Waals surface area contributed by atoms with Crippen molar-refractivity contribution < 1.29 is 82.1 Å². The number of methoxy groups -OCH3 is 2. The minimum atomic E-state index is -1.89. The smallest absolute Gasteiger partial charge is 0.358 e. The molecule has 5 aliphatic heterocycles. The number of carbonyl (C=O) groups excluding carboxylic acids is 7. The summed E-state index contributed by atoms with van der Waals surface area (Å²) in [5, 5.41) is 54.9. The van der Waals surface area contributed by atoms with Crippen molar-refractivity contribution in [3.8, 4) is 38.4 Å². The minimum absolute atomic E-state index is 0.0121. The Bertz CT molecular complexity index is 4570. The van der Waals surface area contributed by atoms with Crippen LogP contribution in [0.1, 0.15) is 125 Å². The van der Waals surface area contributed by atoms with Crippen LogP contribution in [0.3, 0.4) is 0 Å². The molecule has 10 atom stereocenters. The number of nitrogens with one attached hydrogen (secondary N) is 4. The van der Waals surface area contributed by atoms with Crippen LogP contribution in [-0.2, 0) is 51.2 Å². The number of esters is 2. The maximum atomic E-state index is 15.2. The van der Waals surface area contributed by atoms with E-state index in [0.29, 0.717) is 41.5 Å². The molecule has 36 heteroatoms. The first-order valence-corrected chi connectivity index (χ1v) is 35.8. The number of thiazole rings is 5. The van der Waals surface area contributed by atoms with E-state index in [4.69, 9.17) is 58.1 Å². The van der Waals surface area contributed by atoms with Crippen molar-refractivity contribution in [1.29, 1.82) is 0 Å². The number of nitrogens with zero attached hydrogens (tertiary/aromatic N) is 10. The number of pyridine rings is 1. The first kappa shape index (κ1) is 69.7. The van der Waals surface area contributed by atoms with Gasteiger partial charge in [-0.15, -0.1) is 56.7 Å². The molecule has 0 spiro atoms. The van der Waals surface area contributed by atoms with Gasteiger partial charge in [0, 0.05) is 76.0 Å². The third kappa shape index (κ3) is 13.6. The maximum absolute atomic E-state index is 15.2. The van der Waals surface area contributed by atoms with Crippen LogP contribution in [0.15, 0.2) is 56.9 Å². The summed E-state index contributed by atoms with van der Waals surface area (Å²) in [6, 6.07) is 1.25. The van der Waals surface area contributed by atoms with Crippen LogP contribution in [0.5, 0.6) is 5.75 Å². The largest absolute Gasteiger partial charge is 0.499 e. The highest BCUT2D eigenvalue weighted by Crippen LogP contribution is 2.43. The molecule has 2 saturated heterocycles. The summed E-state index contributed by atoms with van der Waals surface area (Å²) in [7, 11) is 8.30. The molecule has 0 radical (unpaired) electrons. The van der Waals surface area contributed by atoms with Crippen molar-refractivity contribution >= 4 is 115 Å². The number of carbonyl (C=O) groups is 7. The lowest BCUT2D eigenvalue weighted by Gasteiger charge is -2.48. The molecule has 7 N–H and O–H groups in total. The Balaban J connectivity index is 0.985. The fourth-order valence-corrected chi connectivity index (χ4v) is 17.0. The molecular weight excluding hydrogens is 1400 g/mol. The van der Waals surface area contributed by atoms with Crippen molar-refractivity contribution in [1.82, 2.24) is 70.6 Å². The van der Waals surface area contributed by atoms with Gasteiger partial charge in [-0.25, -0.2) is 39.5 Å². The third-order valence-corrected chi connectivity index (χ3v) is 22.2. The van der Waals surface area contributed by atoms with Crippen LogP contribution < -0.4 is 26.0 Å². The van der Waals surface area contributed by atoms with Gasteiger partial charge in [-0.2, -0.15) is 4.73 Å². The van der Waals surface area contributed by atoms with Gasteiger partial charge in [0.25, 0.3) is 23.6 Å². The molecule has 7 aromatic heterocycles. The van der Waals surface area contributed by atoms with Crippen LogP contribution in [0.4, 0.5) is 0 Å². The van der Waals surface area contributed by atoms with Crippen molar-refractivity contribution in [3.05, 3.63) is 112 Å². The molecular formula is C64H68N14O17S5. The van der Waals surface area contributed by atoms with Gasteiger partial charge in [-0.05, 0) is 66.5 Å². The molecule has 526 valence electrons. The van der Waals surface area contributed by atoms with Gasteiger partial charge in [0.05, 0.1) is 50.2 Å². The molecule has 8 aromatic rings. The summed E-state index contributed by atoms with van der Waals surface area (Å²) < 4.78 is 44.5. The van der Waals surface area contributed by atoms with Crippen molar-refractivity contribution in [2.75, 3.05) is 68.1 Å². The molecule has 12 heterocycles. The van der Waals surface area contributed by atoms with E-state index in [2.05, 4.69) is 31.2 Å². The number of likely N-dealkylation sites (N-methyl/N-ethyl adjacent to an activating group) is 2. The monoisotopic (exact) mass is 1460 g/mol. The minimum Gasteiger partial charge on any atom is -0.499 e. The van der Waals surface area contributed by atoms with E-state index in [9.17, 15) is 29.8 Å². The van der Waals surface area contributed by atoms with Crippen LogP contribution in [0, 0.1) is 0 Å². The number of benzene rings is 1. The molecule has 100 heavy (non-hydrogen) atoms. The van der Waals surface area contributed by atoms with Gasteiger partial charge >= 0.3 is 11.9 Å². The maximum Gasteiger partial charge on any atom is 0.358 e. The van der Waals surface area contributed by atoms with Gasteiger partial charge in [-0.3, -0.25) is 24.0 Å². The van der Waals surface area contributed by atoms with Crippen LogP contribution in [0.25, 0.3) is 49.3 Å². The average molecular weight is 1470 g/mol. The van der Waals surface area contributed by atoms with E-state index in [0.717, 1.165) is 56.7 Å². The summed E-state index contributed by atoms with van der Waals surface area (Å²) in [6.45, 7) is 6.82. The quantitative estimate of drug-likeness (QED) is 0.0607. The summed E-state index contributed by atoms with van der Waals surface area (Å²) in [6.07, 6.45) is -7.41. The van der Waals surface area contributed by atoms with E-state index < -0.39 is 122 Å². The number of fused-ring (bicyclic) bond motifs is 15. The summed E-state index contributed by atoms with van der Waals surface area (Å²) in [5.41, 5.74) is -1.20. The first-order chi connectivity index (χ1) is 47.9. The number of aromatic nitrogens is 7. The highest BCUT2D eigenvalue weighted by Gasteiger charge is 2.50. The molecule has 12 bridgehead atoms. The van der Waals surface area contributed by atoms with E-state index in [1.54, 1.807) is 66.7 Å². The normalized spacial score (nSPS) is 25.0. The second kappa shape index (κ2) is 28.3. The van der Waals surface area contributed by atoms with Crippen LogP contribution >= 0.6 is 56.7 Å². The molecule has 0 aliphatic carbocycles. The molecule has 5 aliphatic rings. The van der Waals surface area contributed by atoms with Crippen LogP contribution in [0.2, 0.25) is 0 Å². The molecule has 10 unspecified atom stereocenters. The predicted octanol–water partition coefficient (Wildman–Crippen LogP) is 4.85. The van der Waals surface area contributed by atoms with Crippen molar-refractivity contribution in [3.63, 3.8) is 0 Å². The highest BCUT2D eigenvalue weighted by atomic mass is 32.1. The van der Waals surface area contributed by atoms with E-state index in [1.165, 1.54) is 50.3 Å². The Morgan fingerprint density at radius 1 is 0.800 bits per heavy atom. The van der Waals surface area contributed by atoms with Gasteiger partial charge in [-0.1, -0.05) is 12.1 Å². The first-order valence-electron chi connectivity index (χ1n) is 31.4. The Morgan fingerprint density at radius 2 is 1.47 bits per heavy atom. The zero-order chi connectivity index (χ0) is 70.7. The lowest BCUT2D eigenvalue weighted by atomic mass is 9.85. The summed E-state index contributed by atoms with van der Waals surface area (Å²) in [5.74, 6) is -5.69. The van der Waals surface area contributed by atoms with Gasteiger partial charge in [0.15, 0.2) is 18.1 Å². The topological polar surface area (TPSA) is 385 Å². The fraction of sp³-hybridized carbons (Fsp3) is 0.422. The summed E-state index contributed by atoms with van der Waals surface area (Å²) in [4.78, 5) is 138. The number of aliphatic hydroxyl groups is 2. The lowest BCUT2D eigenvalue weighted by molar-refractivity contribution is -0.280. The molecule has 31 nitrogen and oxygen atoms in total. The number of ether oxygens (including phenoxy) is 7. The molecule has 1 aromatic carbocycles.